The maximum absolute atomic E-state index is 4.56. The Bertz CT molecular complexity index is 909. The predicted octanol–water partition coefficient (Wildman–Crippen LogP) is 5.11. The van der Waals surface area contributed by atoms with Gasteiger partial charge in [-0.2, -0.15) is 0 Å². The van der Waals surface area contributed by atoms with E-state index in [1.54, 1.807) is 0 Å². The summed E-state index contributed by atoms with van der Waals surface area (Å²) >= 11 is 1.83. The van der Waals surface area contributed by atoms with E-state index in [1.165, 1.54) is 61.9 Å². The lowest BCUT2D eigenvalue weighted by Crippen LogP contribution is -2.46. The molecule has 6 heteroatoms. The first kappa shape index (κ1) is 19.9. The van der Waals surface area contributed by atoms with E-state index < -0.39 is 0 Å². The van der Waals surface area contributed by atoms with Crippen LogP contribution in [-0.4, -0.2) is 38.2 Å². The molecule has 0 radical (unpaired) electrons. The number of aryl methyl sites for hydroxylation is 2. The fraction of sp³-hybridized carbons (Fsp3) is 0.542. The Balaban J connectivity index is 1.41. The van der Waals surface area contributed by atoms with Crippen molar-refractivity contribution in [1.82, 2.24) is 25.1 Å². The third-order valence-corrected chi connectivity index (χ3v) is 7.97. The van der Waals surface area contributed by atoms with Gasteiger partial charge in [-0.3, -0.25) is 4.90 Å². The molecular weight excluding hydrogens is 390 g/mol. The van der Waals surface area contributed by atoms with Gasteiger partial charge in [0.25, 0.3) is 0 Å². The maximum atomic E-state index is 4.56. The summed E-state index contributed by atoms with van der Waals surface area (Å²) in [5, 5.41) is 15.2. The molecule has 158 valence electrons. The van der Waals surface area contributed by atoms with E-state index in [0.29, 0.717) is 5.41 Å². The molecule has 0 bridgehead atoms. The van der Waals surface area contributed by atoms with Crippen molar-refractivity contribution < 1.29 is 0 Å². The SMILES string of the molecule is c1ccc(CCn2nnnc2C(c2cccs2)N2CCCC3(CCCCC3)C2)cc1. The lowest BCUT2D eigenvalue weighted by Gasteiger charge is -2.47. The molecule has 3 aromatic rings. The van der Waals surface area contributed by atoms with Crippen LogP contribution in [-0.2, 0) is 13.0 Å². The molecule has 2 aromatic heterocycles. The smallest absolute Gasteiger partial charge is 0.173 e. The summed E-state index contributed by atoms with van der Waals surface area (Å²) in [6.45, 7) is 3.13. The van der Waals surface area contributed by atoms with Crippen molar-refractivity contribution in [3.63, 3.8) is 0 Å². The van der Waals surface area contributed by atoms with Crippen LogP contribution in [0.3, 0.4) is 0 Å². The minimum absolute atomic E-state index is 0.162. The number of aromatic nitrogens is 4. The molecule has 0 amide bonds. The Hall–Kier alpha value is -2.05. The molecule has 2 aliphatic rings. The number of rotatable bonds is 6. The van der Waals surface area contributed by atoms with Gasteiger partial charge in [0, 0.05) is 18.0 Å². The second-order valence-electron chi connectivity index (χ2n) is 9.05. The number of tetrazole rings is 1. The Kier molecular flexibility index (Phi) is 5.95. The lowest BCUT2D eigenvalue weighted by molar-refractivity contribution is 0.0349. The monoisotopic (exact) mass is 421 g/mol. The standard InChI is InChI=1S/C24H31N5S/c1-3-9-20(10-4-1)12-17-29-23(25-26-27-29)22(21-11-7-18-30-21)28-16-8-15-24(19-28)13-5-2-6-14-24/h1,3-4,7,9-11,18,22H,2,5-6,8,12-17,19H2. The zero-order chi connectivity index (χ0) is 20.2. The van der Waals surface area contributed by atoms with Gasteiger partial charge in [-0.1, -0.05) is 55.7 Å². The number of hydrogen-bond donors (Lipinski definition) is 0. The molecule has 1 unspecified atom stereocenters. The van der Waals surface area contributed by atoms with Gasteiger partial charge in [0.15, 0.2) is 5.82 Å². The van der Waals surface area contributed by atoms with Crippen LogP contribution in [0.4, 0.5) is 0 Å². The van der Waals surface area contributed by atoms with Gasteiger partial charge < -0.3 is 0 Å². The third kappa shape index (κ3) is 4.21. The minimum Gasteiger partial charge on any atom is -0.288 e. The Morgan fingerprint density at radius 3 is 2.60 bits per heavy atom. The number of nitrogens with zero attached hydrogens (tertiary/aromatic N) is 5. The van der Waals surface area contributed by atoms with Crippen molar-refractivity contribution in [1.29, 1.82) is 0 Å². The fourth-order valence-electron chi connectivity index (χ4n) is 5.54. The van der Waals surface area contributed by atoms with Crippen LogP contribution in [0.2, 0.25) is 0 Å². The molecule has 1 aromatic carbocycles. The lowest BCUT2D eigenvalue weighted by atomic mass is 9.69. The van der Waals surface area contributed by atoms with E-state index in [4.69, 9.17) is 0 Å². The van der Waals surface area contributed by atoms with Crippen LogP contribution in [0.15, 0.2) is 47.8 Å². The first-order valence-electron chi connectivity index (χ1n) is 11.4. The Labute approximate surface area is 183 Å². The number of likely N-dealkylation sites (tertiary alicyclic amines) is 1. The molecule has 1 spiro atoms. The van der Waals surface area contributed by atoms with E-state index in [2.05, 4.69) is 68.3 Å². The molecular formula is C24H31N5S. The fourth-order valence-corrected chi connectivity index (χ4v) is 6.39. The maximum Gasteiger partial charge on any atom is 0.173 e. The highest BCUT2D eigenvalue weighted by Crippen LogP contribution is 2.46. The van der Waals surface area contributed by atoms with Crippen LogP contribution >= 0.6 is 11.3 Å². The second-order valence-corrected chi connectivity index (χ2v) is 10.0. The minimum atomic E-state index is 0.162. The summed E-state index contributed by atoms with van der Waals surface area (Å²) in [6.07, 6.45) is 10.6. The number of hydrogen-bond acceptors (Lipinski definition) is 5. The van der Waals surface area contributed by atoms with E-state index in [-0.39, 0.29) is 6.04 Å². The van der Waals surface area contributed by atoms with Crippen molar-refractivity contribution in [3.05, 3.63) is 64.1 Å². The molecule has 1 saturated carbocycles. The quantitative estimate of drug-likeness (QED) is 0.555. The van der Waals surface area contributed by atoms with Gasteiger partial charge in [-0.15, -0.1) is 16.4 Å². The van der Waals surface area contributed by atoms with Gasteiger partial charge in [0.05, 0.1) is 0 Å². The molecule has 0 N–H and O–H groups in total. The van der Waals surface area contributed by atoms with Crippen molar-refractivity contribution in [3.8, 4) is 0 Å². The van der Waals surface area contributed by atoms with Crippen LogP contribution in [0, 0.1) is 5.41 Å². The van der Waals surface area contributed by atoms with E-state index >= 15 is 0 Å². The van der Waals surface area contributed by atoms with Crippen molar-refractivity contribution >= 4 is 11.3 Å². The molecule has 1 atom stereocenters. The average Bonchev–Trinajstić information content (AvgIpc) is 3.47. The highest BCUT2D eigenvalue weighted by molar-refractivity contribution is 7.10. The summed E-state index contributed by atoms with van der Waals surface area (Å²) < 4.78 is 2.04. The zero-order valence-corrected chi connectivity index (χ0v) is 18.4. The van der Waals surface area contributed by atoms with Crippen molar-refractivity contribution in [2.45, 2.75) is 64.0 Å². The van der Waals surface area contributed by atoms with Gasteiger partial charge in [-0.25, -0.2) is 4.68 Å². The summed E-state index contributed by atoms with van der Waals surface area (Å²) in [5.41, 5.74) is 1.83. The number of thiophene rings is 1. The second kappa shape index (κ2) is 8.98. The van der Waals surface area contributed by atoms with Gasteiger partial charge in [0.2, 0.25) is 0 Å². The molecule has 1 saturated heterocycles. The molecule has 1 aliphatic carbocycles. The Morgan fingerprint density at radius 2 is 1.80 bits per heavy atom. The molecule has 5 rings (SSSR count). The molecule has 2 fully saturated rings. The summed E-state index contributed by atoms with van der Waals surface area (Å²) in [4.78, 5) is 4.05. The summed E-state index contributed by atoms with van der Waals surface area (Å²) in [5.74, 6) is 1.00. The van der Waals surface area contributed by atoms with Crippen LogP contribution < -0.4 is 0 Å². The molecule has 5 nitrogen and oxygen atoms in total. The predicted molar refractivity (Wildman–Crippen MR) is 120 cm³/mol. The van der Waals surface area contributed by atoms with E-state index in [0.717, 1.165) is 25.3 Å². The van der Waals surface area contributed by atoms with Gasteiger partial charge >= 0.3 is 0 Å². The number of benzene rings is 1. The average molecular weight is 422 g/mol. The van der Waals surface area contributed by atoms with E-state index in [1.807, 2.05) is 16.0 Å². The van der Waals surface area contributed by atoms with Crippen LogP contribution in [0.1, 0.15) is 67.3 Å². The highest BCUT2D eigenvalue weighted by Gasteiger charge is 2.40. The molecule has 3 heterocycles. The first-order chi connectivity index (χ1) is 14.8. The third-order valence-electron chi connectivity index (χ3n) is 7.04. The largest absolute Gasteiger partial charge is 0.288 e. The molecule has 1 aliphatic heterocycles. The summed E-state index contributed by atoms with van der Waals surface area (Å²) in [7, 11) is 0. The van der Waals surface area contributed by atoms with Gasteiger partial charge in [0.1, 0.15) is 6.04 Å². The first-order valence-corrected chi connectivity index (χ1v) is 12.3. The summed E-state index contributed by atoms with van der Waals surface area (Å²) in [6, 6.07) is 15.2. The van der Waals surface area contributed by atoms with Crippen LogP contribution in [0.25, 0.3) is 0 Å². The highest BCUT2D eigenvalue weighted by atomic mass is 32.1. The number of piperidine rings is 1. The van der Waals surface area contributed by atoms with Crippen molar-refractivity contribution in [2.75, 3.05) is 13.1 Å². The topological polar surface area (TPSA) is 46.8 Å². The normalized spacial score (nSPS) is 20.4. The zero-order valence-electron chi connectivity index (χ0n) is 17.6. The van der Waals surface area contributed by atoms with E-state index in [9.17, 15) is 0 Å². The Morgan fingerprint density at radius 1 is 0.967 bits per heavy atom. The van der Waals surface area contributed by atoms with Crippen LogP contribution in [0.5, 0.6) is 0 Å². The van der Waals surface area contributed by atoms with Gasteiger partial charge in [-0.05, 0) is 71.5 Å². The molecule has 30 heavy (non-hydrogen) atoms. The van der Waals surface area contributed by atoms with Crippen molar-refractivity contribution in [2.24, 2.45) is 5.41 Å².